The van der Waals surface area contributed by atoms with Crippen molar-refractivity contribution in [2.24, 2.45) is 11.7 Å². The fourth-order valence-electron chi connectivity index (χ4n) is 1.78. The van der Waals surface area contributed by atoms with E-state index < -0.39 is 5.54 Å². The molecule has 3 N–H and O–H groups in total. The number of hydrogen-bond donors (Lipinski definition) is 2. The summed E-state index contributed by atoms with van der Waals surface area (Å²) in [6.45, 7) is 6.50. The monoisotopic (exact) mass is 228 g/mol. The van der Waals surface area contributed by atoms with E-state index in [9.17, 15) is 4.79 Å². The number of rotatable bonds is 7. The molecule has 0 spiro atoms. The van der Waals surface area contributed by atoms with Crippen LogP contribution in [0.3, 0.4) is 0 Å². The molecule has 1 unspecified atom stereocenters. The molecule has 1 fully saturated rings. The zero-order chi connectivity index (χ0) is 12.4. The number of likely N-dealkylation sites (N-methyl/N-ethyl adjacent to an activating group) is 1. The molecule has 1 aliphatic rings. The molecule has 0 bridgehead atoms. The smallest absolute Gasteiger partial charge is 0.240 e. The number of carbonyl (C=O) groups is 1. The van der Waals surface area contributed by atoms with Crippen LogP contribution in [0.2, 0.25) is 0 Å². The first-order valence-electron chi connectivity index (χ1n) is 6.00. The van der Waals surface area contributed by atoms with E-state index in [0.717, 1.165) is 19.3 Å². The molecule has 1 atom stereocenters. The summed E-state index contributed by atoms with van der Waals surface area (Å²) in [5.41, 5.74) is 4.64. The van der Waals surface area contributed by atoms with Gasteiger partial charge in [0.2, 0.25) is 5.91 Å². The average Bonchev–Trinajstić information content (AvgIpc) is 3.03. The van der Waals surface area contributed by atoms with E-state index in [1.807, 2.05) is 13.8 Å². The zero-order valence-corrected chi connectivity index (χ0v) is 10.8. The second kappa shape index (κ2) is 4.72. The molecule has 4 heteroatoms. The zero-order valence-electron chi connectivity index (χ0n) is 10.8. The molecule has 16 heavy (non-hydrogen) atoms. The molecule has 0 radical (unpaired) electrons. The van der Waals surface area contributed by atoms with Crippen LogP contribution < -0.4 is 11.1 Å². The van der Waals surface area contributed by atoms with Crippen LogP contribution in [0.4, 0.5) is 0 Å². The standard InChI is InChI=1S/C12H24N2O2/c1-5-11(2,3)16-8-12(14-4,10(13)15)9-6-7-9/h9,14H,5-8H2,1-4H3,(H2,13,15). The Morgan fingerprint density at radius 3 is 2.38 bits per heavy atom. The lowest BCUT2D eigenvalue weighted by molar-refractivity contribution is -0.132. The molecule has 0 aromatic rings. The van der Waals surface area contributed by atoms with Gasteiger partial charge in [0.05, 0.1) is 12.2 Å². The molecule has 0 aromatic heterocycles. The number of hydrogen-bond acceptors (Lipinski definition) is 3. The Morgan fingerprint density at radius 2 is 2.06 bits per heavy atom. The van der Waals surface area contributed by atoms with Gasteiger partial charge in [0.15, 0.2) is 0 Å². The number of amides is 1. The van der Waals surface area contributed by atoms with E-state index in [2.05, 4.69) is 12.2 Å². The highest BCUT2D eigenvalue weighted by molar-refractivity contribution is 5.85. The SMILES string of the molecule is CCC(C)(C)OCC(NC)(C(N)=O)C1CC1. The lowest BCUT2D eigenvalue weighted by atomic mass is 9.93. The molecule has 0 aliphatic heterocycles. The Kier molecular flexibility index (Phi) is 3.97. The summed E-state index contributed by atoms with van der Waals surface area (Å²) in [4.78, 5) is 11.6. The van der Waals surface area contributed by atoms with E-state index >= 15 is 0 Å². The number of nitrogens with one attached hydrogen (secondary N) is 1. The van der Waals surface area contributed by atoms with Gasteiger partial charge in [0, 0.05) is 0 Å². The molecule has 0 saturated heterocycles. The summed E-state index contributed by atoms with van der Waals surface area (Å²) < 4.78 is 5.83. The topological polar surface area (TPSA) is 64.3 Å². The van der Waals surface area contributed by atoms with Crippen molar-refractivity contribution in [3.05, 3.63) is 0 Å². The summed E-state index contributed by atoms with van der Waals surface area (Å²) in [6, 6.07) is 0. The third-order valence-electron chi connectivity index (χ3n) is 3.70. The molecule has 1 rings (SSSR count). The van der Waals surface area contributed by atoms with Crippen molar-refractivity contribution in [2.45, 2.75) is 51.2 Å². The molecular weight excluding hydrogens is 204 g/mol. The summed E-state index contributed by atoms with van der Waals surface area (Å²) in [6.07, 6.45) is 3.02. The van der Waals surface area contributed by atoms with Gasteiger partial charge in [-0.3, -0.25) is 4.79 Å². The Morgan fingerprint density at radius 1 is 1.50 bits per heavy atom. The third kappa shape index (κ3) is 2.74. The van der Waals surface area contributed by atoms with Crippen molar-refractivity contribution in [1.29, 1.82) is 0 Å². The lowest BCUT2D eigenvalue weighted by Crippen LogP contribution is -2.60. The Balaban J connectivity index is 2.67. The highest BCUT2D eigenvalue weighted by Gasteiger charge is 2.49. The van der Waals surface area contributed by atoms with Crippen molar-refractivity contribution in [2.75, 3.05) is 13.7 Å². The Labute approximate surface area is 97.9 Å². The minimum Gasteiger partial charge on any atom is -0.373 e. The minimum atomic E-state index is -0.674. The van der Waals surface area contributed by atoms with Gasteiger partial charge in [0.1, 0.15) is 5.54 Å². The summed E-state index contributed by atoms with van der Waals surface area (Å²) in [5, 5.41) is 3.07. The van der Waals surface area contributed by atoms with Crippen LogP contribution in [-0.4, -0.2) is 30.7 Å². The molecular formula is C12H24N2O2. The van der Waals surface area contributed by atoms with E-state index in [-0.39, 0.29) is 11.5 Å². The first-order valence-corrected chi connectivity index (χ1v) is 6.00. The molecule has 1 amide bonds. The predicted octanol–water partition coefficient (Wildman–Crippen LogP) is 1.05. The highest BCUT2D eigenvalue weighted by atomic mass is 16.5. The minimum absolute atomic E-state index is 0.202. The fourth-order valence-corrected chi connectivity index (χ4v) is 1.78. The molecule has 1 aliphatic carbocycles. The number of nitrogens with two attached hydrogens (primary N) is 1. The largest absolute Gasteiger partial charge is 0.373 e. The van der Waals surface area contributed by atoms with Gasteiger partial charge in [-0.05, 0) is 46.1 Å². The van der Waals surface area contributed by atoms with E-state index in [0.29, 0.717) is 12.5 Å². The van der Waals surface area contributed by atoms with Crippen molar-refractivity contribution in [3.63, 3.8) is 0 Å². The molecule has 4 nitrogen and oxygen atoms in total. The van der Waals surface area contributed by atoms with Gasteiger partial charge in [-0.2, -0.15) is 0 Å². The van der Waals surface area contributed by atoms with Crippen LogP contribution in [0.5, 0.6) is 0 Å². The van der Waals surface area contributed by atoms with Gasteiger partial charge < -0.3 is 15.8 Å². The number of ether oxygens (including phenoxy) is 1. The maximum absolute atomic E-state index is 11.6. The van der Waals surface area contributed by atoms with Crippen molar-refractivity contribution in [1.82, 2.24) is 5.32 Å². The third-order valence-corrected chi connectivity index (χ3v) is 3.70. The van der Waals surface area contributed by atoms with Gasteiger partial charge >= 0.3 is 0 Å². The summed E-state index contributed by atoms with van der Waals surface area (Å²) in [7, 11) is 1.78. The van der Waals surface area contributed by atoms with Gasteiger partial charge in [0.25, 0.3) is 0 Å². The maximum atomic E-state index is 11.6. The van der Waals surface area contributed by atoms with Gasteiger partial charge in [-0.1, -0.05) is 6.92 Å². The van der Waals surface area contributed by atoms with Crippen LogP contribution in [0.15, 0.2) is 0 Å². The van der Waals surface area contributed by atoms with Crippen molar-refractivity contribution >= 4 is 5.91 Å². The van der Waals surface area contributed by atoms with Crippen LogP contribution >= 0.6 is 0 Å². The predicted molar refractivity (Wildman–Crippen MR) is 64.0 cm³/mol. The molecule has 0 heterocycles. The average molecular weight is 228 g/mol. The van der Waals surface area contributed by atoms with Crippen molar-refractivity contribution < 1.29 is 9.53 Å². The van der Waals surface area contributed by atoms with Crippen molar-refractivity contribution in [3.8, 4) is 0 Å². The first kappa shape index (κ1) is 13.5. The van der Waals surface area contributed by atoms with Crippen LogP contribution in [0.1, 0.15) is 40.0 Å². The van der Waals surface area contributed by atoms with E-state index in [4.69, 9.17) is 10.5 Å². The first-order chi connectivity index (χ1) is 7.38. The normalized spacial score (nSPS) is 20.5. The fraction of sp³-hybridized carbons (Fsp3) is 0.917. The second-order valence-electron chi connectivity index (χ2n) is 5.26. The number of primary amides is 1. The molecule has 1 saturated carbocycles. The van der Waals surface area contributed by atoms with Crippen LogP contribution in [0.25, 0.3) is 0 Å². The molecule has 94 valence electrons. The van der Waals surface area contributed by atoms with Gasteiger partial charge in [-0.15, -0.1) is 0 Å². The Bertz CT molecular complexity index is 262. The highest BCUT2D eigenvalue weighted by Crippen LogP contribution is 2.40. The maximum Gasteiger partial charge on any atom is 0.240 e. The van der Waals surface area contributed by atoms with E-state index in [1.165, 1.54) is 0 Å². The summed E-state index contributed by atoms with van der Waals surface area (Å²) >= 11 is 0. The second-order valence-corrected chi connectivity index (χ2v) is 5.26. The summed E-state index contributed by atoms with van der Waals surface area (Å²) in [5.74, 6) is 0.0343. The lowest BCUT2D eigenvalue weighted by Gasteiger charge is -2.34. The number of carbonyl (C=O) groups excluding carboxylic acids is 1. The van der Waals surface area contributed by atoms with E-state index in [1.54, 1.807) is 7.05 Å². The van der Waals surface area contributed by atoms with Crippen LogP contribution in [0, 0.1) is 5.92 Å². The quantitative estimate of drug-likeness (QED) is 0.684. The molecule has 0 aromatic carbocycles. The van der Waals surface area contributed by atoms with Gasteiger partial charge in [-0.25, -0.2) is 0 Å². The Hall–Kier alpha value is -0.610. The van der Waals surface area contributed by atoms with Crippen LogP contribution in [-0.2, 0) is 9.53 Å².